The van der Waals surface area contributed by atoms with Crippen LogP contribution in [0.3, 0.4) is 0 Å². The Hall–Kier alpha value is -2.06. The summed E-state index contributed by atoms with van der Waals surface area (Å²) >= 11 is 0. The predicted molar refractivity (Wildman–Crippen MR) is 74.6 cm³/mol. The lowest BCUT2D eigenvalue weighted by Crippen LogP contribution is -2.27. The van der Waals surface area contributed by atoms with Crippen LogP contribution in [0.1, 0.15) is 5.82 Å². The lowest BCUT2D eigenvalue weighted by molar-refractivity contribution is 0.397. The molecule has 0 fully saturated rings. The van der Waals surface area contributed by atoms with E-state index in [0.717, 1.165) is 0 Å². The van der Waals surface area contributed by atoms with Crippen LogP contribution < -0.4 is 10.5 Å². The number of ether oxygens (including phenoxy) is 1. The Morgan fingerprint density at radius 3 is 2.80 bits per heavy atom. The van der Waals surface area contributed by atoms with Crippen LogP contribution in [0.25, 0.3) is 0 Å². The number of benzene rings is 1. The highest BCUT2D eigenvalue weighted by molar-refractivity contribution is 7.89. The second-order valence-corrected chi connectivity index (χ2v) is 6.22. The van der Waals surface area contributed by atoms with Crippen molar-refractivity contribution in [1.29, 1.82) is 0 Å². The van der Waals surface area contributed by atoms with Crippen LogP contribution in [0, 0.1) is 0 Å². The number of nitrogens with two attached hydrogens (primary N) is 1. The third-order valence-corrected chi connectivity index (χ3v) is 4.63. The number of rotatable bonds is 5. The van der Waals surface area contributed by atoms with E-state index in [2.05, 4.69) is 9.97 Å². The molecule has 2 aromatic rings. The first kappa shape index (κ1) is 14.4. The van der Waals surface area contributed by atoms with E-state index in [9.17, 15) is 8.42 Å². The number of methoxy groups -OCH3 is 1. The molecular formula is C12H16N4O3S. The summed E-state index contributed by atoms with van der Waals surface area (Å²) in [6, 6.07) is 4.50. The van der Waals surface area contributed by atoms with Gasteiger partial charge in [0.1, 0.15) is 16.5 Å². The van der Waals surface area contributed by atoms with Gasteiger partial charge in [0.2, 0.25) is 10.0 Å². The van der Waals surface area contributed by atoms with Gasteiger partial charge in [0, 0.05) is 25.1 Å². The Balaban J connectivity index is 2.36. The van der Waals surface area contributed by atoms with E-state index in [1.54, 1.807) is 18.5 Å². The van der Waals surface area contributed by atoms with Crippen molar-refractivity contribution in [2.75, 3.05) is 19.9 Å². The molecule has 2 rings (SSSR count). The van der Waals surface area contributed by atoms with Crippen LogP contribution in [0.5, 0.6) is 5.75 Å². The van der Waals surface area contributed by atoms with Crippen molar-refractivity contribution in [2.45, 2.75) is 11.4 Å². The molecule has 0 bridgehead atoms. The average molecular weight is 296 g/mol. The Bertz CT molecular complexity index is 683. The number of anilines is 1. The van der Waals surface area contributed by atoms with Crippen molar-refractivity contribution in [3.63, 3.8) is 0 Å². The molecule has 0 saturated heterocycles. The van der Waals surface area contributed by atoms with Crippen molar-refractivity contribution in [2.24, 2.45) is 0 Å². The number of H-pyrrole nitrogens is 1. The number of aromatic nitrogens is 2. The monoisotopic (exact) mass is 296 g/mol. The van der Waals surface area contributed by atoms with Gasteiger partial charge in [-0.3, -0.25) is 0 Å². The maximum absolute atomic E-state index is 12.5. The molecule has 1 aromatic heterocycles. The largest absolute Gasteiger partial charge is 0.495 e. The number of imidazole rings is 1. The number of aromatic amines is 1. The molecule has 0 aliphatic heterocycles. The quantitative estimate of drug-likeness (QED) is 0.795. The van der Waals surface area contributed by atoms with E-state index in [1.807, 2.05) is 0 Å². The molecule has 0 atom stereocenters. The van der Waals surface area contributed by atoms with Crippen molar-refractivity contribution in [1.82, 2.24) is 14.3 Å². The van der Waals surface area contributed by atoms with E-state index in [4.69, 9.17) is 10.5 Å². The van der Waals surface area contributed by atoms with Gasteiger partial charge in [-0.1, -0.05) is 0 Å². The third kappa shape index (κ3) is 2.75. The molecule has 0 aliphatic rings. The Morgan fingerprint density at radius 2 is 2.20 bits per heavy atom. The highest BCUT2D eigenvalue weighted by Gasteiger charge is 2.25. The molecule has 0 radical (unpaired) electrons. The molecule has 7 nitrogen and oxygen atoms in total. The number of hydrogen-bond donors (Lipinski definition) is 2. The second kappa shape index (κ2) is 5.51. The topological polar surface area (TPSA) is 101 Å². The highest BCUT2D eigenvalue weighted by atomic mass is 32.2. The molecule has 108 valence electrons. The van der Waals surface area contributed by atoms with Crippen LogP contribution in [0.15, 0.2) is 35.5 Å². The van der Waals surface area contributed by atoms with E-state index in [-0.39, 0.29) is 17.2 Å². The van der Waals surface area contributed by atoms with E-state index < -0.39 is 10.0 Å². The number of nitrogens with zero attached hydrogens (tertiary/aromatic N) is 2. The van der Waals surface area contributed by atoms with Crippen LogP contribution in [-0.2, 0) is 16.6 Å². The summed E-state index contributed by atoms with van der Waals surface area (Å²) in [5.41, 5.74) is 6.02. The summed E-state index contributed by atoms with van der Waals surface area (Å²) in [5, 5.41) is 0. The number of sulfonamides is 1. The molecule has 8 heteroatoms. The molecular weight excluding hydrogens is 280 g/mol. The van der Waals surface area contributed by atoms with Crippen molar-refractivity contribution >= 4 is 15.7 Å². The predicted octanol–water partition coefficient (Wildman–Crippen LogP) is 0.821. The molecule has 0 unspecified atom stereocenters. The molecule has 0 aliphatic carbocycles. The summed E-state index contributed by atoms with van der Waals surface area (Å²) < 4.78 is 31.3. The van der Waals surface area contributed by atoms with Crippen LogP contribution in [0.2, 0.25) is 0 Å². The lowest BCUT2D eigenvalue weighted by Gasteiger charge is -2.18. The fourth-order valence-corrected chi connectivity index (χ4v) is 3.06. The van der Waals surface area contributed by atoms with Gasteiger partial charge < -0.3 is 15.5 Å². The molecule has 0 spiro atoms. The minimum Gasteiger partial charge on any atom is -0.495 e. The Labute approximate surface area is 117 Å². The molecule has 3 N–H and O–H groups in total. The minimum atomic E-state index is -3.71. The first-order chi connectivity index (χ1) is 9.45. The summed E-state index contributed by atoms with van der Waals surface area (Å²) in [4.78, 5) is 6.90. The fraction of sp³-hybridized carbons (Fsp3) is 0.250. The summed E-state index contributed by atoms with van der Waals surface area (Å²) in [7, 11) is -0.826. The van der Waals surface area contributed by atoms with Crippen LogP contribution in [-0.4, -0.2) is 36.8 Å². The van der Waals surface area contributed by atoms with Crippen molar-refractivity contribution in [3.8, 4) is 5.75 Å². The van der Waals surface area contributed by atoms with Gasteiger partial charge in [0.25, 0.3) is 0 Å². The smallest absolute Gasteiger partial charge is 0.246 e. The summed E-state index contributed by atoms with van der Waals surface area (Å²) in [6.45, 7) is 0.132. The maximum atomic E-state index is 12.5. The normalized spacial score (nSPS) is 11.8. The SMILES string of the molecule is COc1ccc(N)cc1S(=O)(=O)N(C)Cc1ncc[nH]1. The first-order valence-electron chi connectivity index (χ1n) is 5.83. The third-order valence-electron chi connectivity index (χ3n) is 2.80. The molecule has 1 heterocycles. The van der Waals surface area contributed by atoms with E-state index in [0.29, 0.717) is 11.5 Å². The van der Waals surface area contributed by atoms with Crippen LogP contribution in [0.4, 0.5) is 5.69 Å². The van der Waals surface area contributed by atoms with Gasteiger partial charge in [-0.25, -0.2) is 13.4 Å². The highest BCUT2D eigenvalue weighted by Crippen LogP contribution is 2.28. The van der Waals surface area contributed by atoms with Crippen molar-refractivity contribution in [3.05, 3.63) is 36.4 Å². The molecule has 20 heavy (non-hydrogen) atoms. The van der Waals surface area contributed by atoms with Gasteiger partial charge in [0.15, 0.2) is 0 Å². The van der Waals surface area contributed by atoms with Crippen molar-refractivity contribution < 1.29 is 13.2 Å². The molecule has 0 amide bonds. The maximum Gasteiger partial charge on any atom is 0.246 e. The first-order valence-corrected chi connectivity index (χ1v) is 7.27. The second-order valence-electron chi connectivity index (χ2n) is 4.21. The van der Waals surface area contributed by atoms with Gasteiger partial charge in [0.05, 0.1) is 13.7 Å². The Morgan fingerprint density at radius 1 is 1.45 bits per heavy atom. The van der Waals surface area contributed by atoms with E-state index >= 15 is 0 Å². The zero-order chi connectivity index (χ0) is 14.8. The number of hydrogen-bond acceptors (Lipinski definition) is 5. The summed E-state index contributed by atoms with van der Waals surface area (Å²) in [5.74, 6) is 0.810. The molecule has 0 saturated carbocycles. The van der Waals surface area contributed by atoms with Gasteiger partial charge in [-0.05, 0) is 18.2 Å². The summed E-state index contributed by atoms with van der Waals surface area (Å²) in [6.07, 6.45) is 3.20. The minimum absolute atomic E-state index is 0.0362. The van der Waals surface area contributed by atoms with Gasteiger partial charge in [-0.15, -0.1) is 0 Å². The Kier molecular flexibility index (Phi) is 3.96. The van der Waals surface area contributed by atoms with Gasteiger partial charge in [-0.2, -0.15) is 4.31 Å². The fourth-order valence-electron chi connectivity index (χ4n) is 1.74. The lowest BCUT2D eigenvalue weighted by atomic mass is 10.3. The van der Waals surface area contributed by atoms with E-state index in [1.165, 1.54) is 30.6 Å². The van der Waals surface area contributed by atoms with Crippen LogP contribution >= 0.6 is 0 Å². The number of nitrogens with one attached hydrogen (secondary N) is 1. The van der Waals surface area contributed by atoms with Gasteiger partial charge >= 0.3 is 0 Å². The number of nitrogen functional groups attached to an aromatic ring is 1. The zero-order valence-electron chi connectivity index (χ0n) is 11.2. The molecule has 1 aromatic carbocycles. The standard InChI is InChI=1S/C12H16N4O3S/c1-16(8-12-14-5-6-15-12)20(17,18)11-7-9(13)3-4-10(11)19-2/h3-7H,8,13H2,1-2H3,(H,14,15). The average Bonchev–Trinajstić information content (AvgIpc) is 2.91. The zero-order valence-corrected chi connectivity index (χ0v) is 12.0.